The van der Waals surface area contributed by atoms with Crippen molar-refractivity contribution in [2.45, 2.75) is 19.8 Å². The summed E-state index contributed by atoms with van der Waals surface area (Å²) in [7, 11) is 1.57. The van der Waals surface area contributed by atoms with Gasteiger partial charge in [-0.2, -0.15) is 0 Å². The van der Waals surface area contributed by atoms with Crippen molar-refractivity contribution >= 4 is 23.2 Å². The molecule has 23 heavy (non-hydrogen) atoms. The van der Waals surface area contributed by atoms with Gasteiger partial charge in [0, 0.05) is 11.6 Å². The quantitative estimate of drug-likeness (QED) is 0.815. The number of fused-ring (bicyclic) bond motifs is 1. The number of carbonyl (C=O) groups excluding carboxylic acids is 1. The van der Waals surface area contributed by atoms with Gasteiger partial charge in [-0.3, -0.25) is 4.79 Å². The minimum atomic E-state index is -0.571. The van der Waals surface area contributed by atoms with Crippen molar-refractivity contribution < 1.29 is 13.9 Å². The number of anilines is 1. The van der Waals surface area contributed by atoms with Crippen LogP contribution in [-0.2, 0) is 6.42 Å². The largest absolute Gasteiger partial charge is 0.495 e. The van der Waals surface area contributed by atoms with E-state index in [-0.39, 0.29) is 5.56 Å². The number of methoxy groups -OCH3 is 1. The molecule has 1 heterocycles. The molecular weight excluding hydrogens is 317 g/mol. The molecule has 120 valence electrons. The van der Waals surface area contributed by atoms with E-state index < -0.39 is 11.7 Å². The number of hydrogen-bond donors (Lipinski definition) is 0. The normalized spacial score (nSPS) is 13.7. The van der Waals surface area contributed by atoms with Crippen LogP contribution >= 0.6 is 11.6 Å². The van der Waals surface area contributed by atoms with Crippen molar-refractivity contribution in [2.24, 2.45) is 0 Å². The summed E-state index contributed by atoms with van der Waals surface area (Å²) in [5.74, 6) is -0.339. The molecule has 2 aromatic carbocycles. The van der Waals surface area contributed by atoms with E-state index in [1.165, 1.54) is 18.2 Å². The monoisotopic (exact) mass is 333 g/mol. The molecule has 0 atom stereocenters. The van der Waals surface area contributed by atoms with Crippen LogP contribution in [0.1, 0.15) is 27.9 Å². The summed E-state index contributed by atoms with van der Waals surface area (Å²) in [6, 6.07) is 7.84. The van der Waals surface area contributed by atoms with Crippen molar-refractivity contribution in [2.75, 3.05) is 18.6 Å². The minimum absolute atomic E-state index is 0.0195. The molecule has 3 rings (SSSR count). The van der Waals surface area contributed by atoms with E-state index in [4.69, 9.17) is 16.3 Å². The molecule has 0 radical (unpaired) electrons. The fourth-order valence-electron chi connectivity index (χ4n) is 3.03. The van der Waals surface area contributed by atoms with Gasteiger partial charge in [-0.05, 0) is 55.2 Å². The van der Waals surface area contributed by atoms with E-state index in [0.29, 0.717) is 17.3 Å². The molecule has 0 unspecified atom stereocenters. The lowest BCUT2D eigenvalue weighted by atomic mass is 9.95. The average molecular weight is 334 g/mol. The Kier molecular flexibility index (Phi) is 4.26. The molecule has 0 aromatic heterocycles. The first-order valence-electron chi connectivity index (χ1n) is 7.46. The molecular formula is C18H17ClFNO2. The van der Waals surface area contributed by atoms with Gasteiger partial charge < -0.3 is 9.64 Å². The fraction of sp³-hybridized carbons (Fsp3) is 0.278. The van der Waals surface area contributed by atoms with E-state index in [1.807, 2.05) is 19.1 Å². The smallest absolute Gasteiger partial charge is 0.261 e. The van der Waals surface area contributed by atoms with Crippen LogP contribution in [-0.4, -0.2) is 19.6 Å². The molecule has 0 bridgehead atoms. The Bertz CT molecular complexity index is 776. The molecule has 0 N–H and O–H groups in total. The summed E-state index contributed by atoms with van der Waals surface area (Å²) in [6.45, 7) is 2.53. The lowest BCUT2D eigenvalue weighted by molar-refractivity contribution is 0.0980. The highest BCUT2D eigenvalue weighted by Gasteiger charge is 2.29. The van der Waals surface area contributed by atoms with E-state index in [2.05, 4.69) is 0 Å². The summed E-state index contributed by atoms with van der Waals surface area (Å²) < 4.78 is 19.5. The first-order chi connectivity index (χ1) is 11.0. The number of nitrogens with zero attached hydrogens (tertiary/aromatic N) is 1. The molecule has 5 heteroatoms. The number of carbonyl (C=O) groups is 1. The van der Waals surface area contributed by atoms with Gasteiger partial charge in [-0.1, -0.05) is 17.7 Å². The van der Waals surface area contributed by atoms with Crippen LogP contribution in [0.2, 0.25) is 5.02 Å². The third-order valence-corrected chi connectivity index (χ3v) is 4.42. The van der Waals surface area contributed by atoms with E-state index in [0.717, 1.165) is 29.7 Å². The van der Waals surface area contributed by atoms with Crippen molar-refractivity contribution in [1.29, 1.82) is 0 Å². The number of halogens is 2. The van der Waals surface area contributed by atoms with Crippen LogP contribution in [0.3, 0.4) is 0 Å². The predicted molar refractivity (Wildman–Crippen MR) is 89.1 cm³/mol. The lowest BCUT2D eigenvalue weighted by Gasteiger charge is -2.32. The maximum atomic E-state index is 14.1. The van der Waals surface area contributed by atoms with Gasteiger partial charge in [0.15, 0.2) is 0 Å². The Hall–Kier alpha value is -2.07. The number of aryl methyl sites for hydroxylation is 1. The van der Waals surface area contributed by atoms with Crippen LogP contribution in [0.4, 0.5) is 10.1 Å². The van der Waals surface area contributed by atoms with Gasteiger partial charge in [0.25, 0.3) is 5.91 Å². The second kappa shape index (κ2) is 6.20. The van der Waals surface area contributed by atoms with Crippen molar-refractivity contribution in [1.82, 2.24) is 0 Å². The van der Waals surface area contributed by atoms with Crippen molar-refractivity contribution in [3.8, 4) is 5.75 Å². The summed E-state index contributed by atoms with van der Waals surface area (Å²) >= 11 is 5.92. The molecule has 3 nitrogen and oxygen atoms in total. The summed E-state index contributed by atoms with van der Waals surface area (Å²) in [5.41, 5.74) is 2.90. The molecule has 0 fully saturated rings. The Morgan fingerprint density at radius 3 is 2.83 bits per heavy atom. The fourth-order valence-corrected chi connectivity index (χ4v) is 3.20. The zero-order valence-electron chi connectivity index (χ0n) is 13.0. The molecule has 2 aromatic rings. The third kappa shape index (κ3) is 2.79. The van der Waals surface area contributed by atoms with Crippen LogP contribution in [0.5, 0.6) is 5.75 Å². The van der Waals surface area contributed by atoms with Crippen molar-refractivity contribution in [3.63, 3.8) is 0 Å². The highest BCUT2D eigenvalue weighted by molar-refractivity contribution is 6.31. The third-order valence-electron chi connectivity index (χ3n) is 4.18. The summed E-state index contributed by atoms with van der Waals surface area (Å²) in [5, 5.41) is 0.336. The van der Waals surface area contributed by atoms with Crippen LogP contribution < -0.4 is 9.64 Å². The molecule has 0 saturated heterocycles. The molecule has 0 saturated carbocycles. The number of hydrogen-bond acceptors (Lipinski definition) is 2. The number of rotatable bonds is 2. The molecule has 1 aliphatic heterocycles. The zero-order chi connectivity index (χ0) is 16.6. The SMILES string of the molecule is COc1ccc(C)c2c1N(C(=O)c1cc(Cl)ccc1F)CCC2. The second-order valence-electron chi connectivity index (χ2n) is 5.60. The maximum Gasteiger partial charge on any atom is 0.261 e. The Morgan fingerprint density at radius 2 is 2.09 bits per heavy atom. The van der Waals surface area contributed by atoms with E-state index >= 15 is 0 Å². The minimum Gasteiger partial charge on any atom is -0.495 e. The molecule has 1 aliphatic rings. The van der Waals surface area contributed by atoms with Gasteiger partial charge in [-0.15, -0.1) is 0 Å². The first-order valence-corrected chi connectivity index (χ1v) is 7.84. The second-order valence-corrected chi connectivity index (χ2v) is 6.03. The average Bonchev–Trinajstić information content (AvgIpc) is 2.56. The molecule has 0 aliphatic carbocycles. The highest BCUT2D eigenvalue weighted by Crippen LogP contribution is 2.39. The van der Waals surface area contributed by atoms with Gasteiger partial charge in [-0.25, -0.2) is 4.39 Å². The summed E-state index contributed by atoms with van der Waals surface area (Å²) in [6.07, 6.45) is 1.70. The highest BCUT2D eigenvalue weighted by atomic mass is 35.5. The zero-order valence-corrected chi connectivity index (χ0v) is 13.8. The molecule has 0 spiro atoms. The first kappa shape index (κ1) is 15.8. The summed E-state index contributed by atoms with van der Waals surface area (Å²) in [4.78, 5) is 14.5. The van der Waals surface area contributed by atoms with Gasteiger partial charge >= 0.3 is 0 Å². The lowest BCUT2D eigenvalue weighted by Crippen LogP contribution is -2.36. The Balaban J connectivity index is 2.11. The van der Waals surface area contributed by atoms with Gasteiger partial charge in [0.2, 0.25) is 0 Å². The standard InChI is InChI=1S/C18H17ClFNO2/c1-11-5-8-16(23-2)17-13(11)4-3-9-21(17)18(22)14-10-12(19)6-7-15(14)20/h5-8,10H,3-4,9H2,1-2H3. The van der Waals surface area contributed by atoms with Crippen LogP contribution in [0.15, 0.2) is 30.3 Å². The van der Waals surface area contributed by atoms with Gasteiger partial charge in [0.05, 0.1) is 18.4 Å². The maximum absolute atomic E-state index is 14.1. The van der Waals surface area contributed by atoms with E-state index in [9.17, 15) is 9.18 Å². The number of amides is 1. The van der Waals surface area contributed by atoms with Crippen LogP contribution in [0, 0.1) is 12.7 Å². The van der Waals surface area contributed by atoms with Crippen LogP contribution in [0.25, 0.3) is 0 Å². The topological polar surface area (TPSA) is 29.5 Å². The van der Waals surface area contributed by atoms with Crippen molar-refractivity contribution in [3.05, 3.63) is 57.9 Å². The van der Waals surface area contributed by atoms with E-state index in [1.54, 1.807) is 12.0 Å². The number of ether oxygens (including phenoxy) is 1. The Labute approximate surface area is 139 Å². The molecule has 1 amide bonds. The predicted octanol–water partition coefficient (Wildman–Crippen LogP) is 4.39. The number of benzene rings is 2. The Morgan fingerprint density at radius 1 is 1.30 bits per heavy atom. The van der Waals surface area contributed by atoms with Gasteiger partial charge in [0.1, 0.15) is 11.6 Å².